The van der Waals surface area contributed by atoms with Gasteiger partial charge in [0.1, 0.15) is 0 Å². The first kappa shape index (κ1) is 12.6. The van der Waals surface area contributed by atoms with Gasteiger partial charge in [-0.05, 0) is 38.8 Å². The fourth-order valence-electron chi connectivity index (χ4n) is 2.41. The van der Waals surface area contributed by atoms with E-state index in [1.165, 1.54) is 4.88 Å². The average Bonchev–Trinajstić information content (AvgIpc) is 2.63. The Hall–Kier alpha value is -0.870. The molecule has 1 amide bonds. The number of hydrogen-bond acceptors (Lipinski definition) is 3. The quantitative estimate of drug-likeness (QED) is 0.874. The van der Waals surface area contributed by atoms with E-state index in [-0.39, 0.29) is 18.0 Å². The van der Waals surface area contributed by atoms with Gasteiger partial charge in [0.15, 0.2) is 0 Å². The van der Waals surface area contributed by atoms with E-state index in [0.29, 0.717) is 6.42 Å². The van der Waals surface area contributed by atoms with Gasteiger partial charge < -0.3 is 10.6 Å². The molecule has 94 valence electrons. The van der Waals surface area contributed by atoms with Crippen molar-refractivity contribution in [3.8, 4) is 0 Å². The van der Waals surface area contributed by atoms with Crippen LogP contribution < -0.4 is 5.73 Å². The summed E-state index contributed by atoms with van der Waals surface area (Å²) < 4.78 is 0. The minimum atomic E-state index is 0.242. The maximum Gasteiger partial charge on any atom is 0.228 e. The average molecular weight is 252 g/mol. The summed E-state index contributed by atoms with van der Waals surface area (Å²) in [7, 11) is 0. The third-order valence-corrected chi connectivity index (χ3v) is 4.36. The van der Waals surface area contributed by atoms with Crippen LogP contribution in [0.15, 0.2) is 12.1 Å². The molecular weight excluding hydrogens is 232 g/mol. The standard InChI is InChI=1S/C13H20N2OS/c1-9-7-11(14)5-6-15(9)13(16)8-12-4-3-10(2)17-12/h3-4,9,11H,5-8,14H2,1-2H3. The van der Waals surface area contributed by atoms with Crippen molar-refractivity contribution < 1.29 is 4.79 Å². The van der Waals surface area contributed by atoms with E-state index >= 15 is 0 Å². The van der Waals surface area contributed by atoms with E-state index in [2.05, 4.69) is 26.0 Å². The van der Waals surface area contributed by atoms with Crippen molar-refractivity contribution in [3.63, 3.8) is 0 Å². The van der Waals surface area contributed by atoms with Crippen molar-refractivity contribution in [1.82, 2.24) is 4.90 Å². The molecule has 1 aliphatic heterocycles. The molecule has 0 aliphatic carbocycles. The highest BCUT2D eigenvalue weighted by Crippen LogP contribution is 2.20. The highest BCUT2D eigenvalue weighted by Gasteiger charge is 2.26. The fraction of sp³-hybridized carbons (Fsp3) is 0.615. The number of aryl methyl sites for hydroxylation is 1. The van der Waals surface area contributed by atoms with Crippen LogP contribution >= 0.6 is 11.3 Å². The summed E-state index contributed by atoms with van der Waals surface area (Å²) in [5.41, 5.74) is 5.91. The molecule has 17 heavy (non-hydrogen) atoms. The maximum absolute atomic E-state index is 12.2. The summed E-state index contributed by atoms with van der Waals surface area (Å²) in [6, 6.07) is 4.67. The Bertz CT molecular complexity index is 402. The topological polar surface area (TPSA) is 46.3 Å². The third kappa shape index (κ3) is 3.07. The van der Waals surface area contributed by atoms with E-state index in [1.54, 1.807) is 11.3 Å². The minimum Gasteiger partial charge on any atom is -0.340 e. The number of piperidine rings is 1. The molecule has 0 radical (unpaired) electrons. The van der Waals surface area contributed by atoms with Gasteiger partial charge in [-0.15, -0.1) is 11.3 Å². The molecule has 2 rings (SSSR count). The number of carbonyl (C=O) groups excluding carboxylic acids is 1. The van der Waals surface area contributed by atoms with E-state index in [1.807, 2.05) is 4.90 Å². The SMILES string of the molecule is Cc1ccc(CC(=O)N2CCC(N)CC2C)s1. The largest absolute Gasteiger partial charge is 0.340 e. The zero-order valence-electron chi connectivity index (χ0n) is 10.5. The van der Waals surface area contributed by atoms with Gasteiger partial charge in [0.05, 0.1) is 6.42 Å². The van der Waals surface area contributed by atoms with Gasteiger partial charge in [0, 0.05) is 28.4 Å². The summed E-state index contributed by atoms with van der Waals surface area (Å²) in [4.78, 5) is 16.6. The monoisotopic (exact) mass is 252 g/mol. The number of nitrogens with zero attached hydrogens (tertiary/aromatic N) is 1. The van der Waals surface area contributed by atoms with Crippen LogP contribution in [-0.2, 0) is 11.2 Å². The Morgan fingerprint density at radius 2 is 2.35 bits per heavy atom. The minimum absolute atomic E-state index is 0.242. The predicted molar refractivity (Wildman–Crippen MR) is 71.1 cm³/mol. The van der Waals surface area contributed by atoms with Crippen LogP contribution in [0.1, 0.15) is 29.5 Å². The molecule has 1 aliphatic rings. The van der Waals surface area contributed by atoms with Crippen LogP contribution in [0.5, 0.6) is 0 Å². The molecule has 1 fully saturated rings. The smallest absolute Gasteiger partial charge is 0.228 e. The second-order valence-corrected chi connectivity index (χ2v) is 6.28. The zero-order valence-corrected chi connectivity index (χ0v) is 11.3. The molecule has 3 nitrogen and oxygen atoms in total. The Balaban J connectivity index is 1.96. The van der Waals surface area contributed by atoms with Crippen LogP contribution in [0.25, 0.3) is 0 Å². The highest BCUT2D eigenvalue weighted by atomic mass is 32.1. The highest BCUT2D eigenvalue weighted by molar-refractivity contribution is 7.12. The van der Waals surface area contributed by atoms with E-state index in [9.17, 15) is 4.79 Å². The number of nitrogens with two attached hydrogens (primary N) is 1. The molecule has 2 N–H and O–H groups in total. The fourth-order valence-corrected chi connectivity index (χ4v) is 3.29. The van der Waals surface area contributed by atoms with Crippen LogP contribution in [0.2, 0.25) is 0 Å². The Labute approximate surface area is 107 Å². The van der Waals surface area contributed by atoms with Crippen LogP contribution in [0.4, 0.5) is 0 Å². The molecule has 0 aromatic carbocycles. The first-order valence-electron chi connectivity index (χ1n) is 6.16. The summed E-state index contributed by atoms with van der Waals surface area (Å²) in [5, 5.41) is 0. The second-order valence-electron chi connectivity index (χ2n) is 4.91. The van der Waals surface area contributed by atoms with Crippen molar-refractivity contribution in [1.29, 1.82) is 0 Å². The van der Waals surface area contributed by atoms with Gasteiger partial charge in [0.25, 0.3) is 0 Å². The number of hydrogen-bond donors (Lipinski definition) is 1. The molecule has 1 aromatic rings. The van der Waals surface area contributed by atoms with Gasteiger partial charge in [-0.1, -0.05) is 0 Å². The molecular formula is C13H20N2OS. The normalized spacial score (nSPS) is 25.0. The molecule has 2 unspecified atom stereocenters. The summed E-state index contributed by atoms with van der Waals surface area (Å²) >= 11 is 1.71. The van der Waals surface area contributed by atoms with Gasteiger partial charge in [-0.3, -0.25) is 4.79 Å². The zero-order chi connectivity index (χ0) is 12.4. The molecule has 1 saturated heterocycles. The molecule has 1 aromatic heterocycles. The Kier molecular flexibility index (Phi) is 3.84. The number of thiophene rings is 1. The van der Waals surface area contributed by atoms with Crippen molar-refractivity contribution in [2.24, 2.45) is 5.73 Å². The van der Waals surface area contributed by atoms with Gasteiger partial charge in [0.2, 0.25) is 5.91 Å². The number of rotatable bonds is 2. The van der Waals surface area contributed by atoms with Crippen molar-refractivity contribution in [2.45, 2.75) is 45.2 Å². The lowest BCUT2D eigenvalue weighted by Gasteiger charge is -2.36. The molecule has 4 heteroatoms. The van der Waals surface area contributed by atoms with Crippen molar-refractivity contribution >= 4 is 17.2 Å². The van der Waals surface area contributed by atoms with E-state index < -0.39 is 0 Å². The third-order valence-electron chi connectivity index (χ3n) is 3.36. The number of amides is 1. The lowest BCUT2D eigenvalue weighted by atomic mass is 9.99. The molecule has 2 heterocycles. The molecule has 2 atom stereocenters. The van der Waals surface area contributed by atoms with Gasteiger partial charge >= 0.3 is 0 Å². The Morgan fingerprint density at radius 3 is 2.94 bits per heavy atom. The predicted octanol–water partition coefficient (Wildman–Crippen LogP) is 1.94. The maximum atomic E-state index is 12.2. The first-order chi connectivity index (χ1) is 8.06. The van der Waals surface area contributed by atoms with E-state index in [4.69, 9.17) is 5.73 Å². The van der Waals surface area contributed by atoms with Crippen molar-refractivity contribution in [3.05, 3.63) is 21.9 Å². The van der Waals surface area contributed by atoms with E-state index in [0.717, 1.165) is 24.3 Å². The molecule has 0 saturated carbocycles. The van der Waals surface area contributed by atoms with Crippen LogP contribution in [-0.4, -0.2) is 29.4 Å². The van der Waals surface area contributed by atoms with Crippen LogP contribution in [0, 0.1) is 6.92 Å². The summed E-state index contributed by atoms with van der Waals surface area (Å²) in [6.07, 6.45) is 2.40. The number of carbonyl (C=O) groups is 1. The Morgan fingerprint density at radius 1 is 1.59 bits per heavy atom. The lowest BCUT2D eigenvalue weighted by Crippen LogP contribution is -2.48. The lowest BCUT2D eigenvalue weighted by molar-refractivity contribution is -0.133. The second kappa shape index (κ2) is 5.19. The summed E-state index contributed by atoms with van der Waals surface area (Å²) in [6.45, 7) is 4.98. The number of likely N-dealkylation sites (tertiary alicyclic amines) is 1. The molecule has 0 spiro atoms. The summed E-state index contributed by atoms with van der Waals surface area (Å²) in [5.74, 6) is 0.242. The van der Waals surface area contributed by atoms with Gasteiger partial charge in [-0.25, -0.2) is 0 Å². The van der Waals surface area contributed by atoms with Gasteiger partial charge in [-0.2, -0.15) is 0 Å². The van der Waals surface area contributed by atoms with Crippen LogP contribution in [0.3, 0.4) is 0 Å². The molecule has 0 bridgehead atoms. The first-order valence-corrected chi connectivity index (χ1v) is 6.98. The van der Waals surface area contributed by atoms with Crippen molar-refractivity contribution in [2.75, 3.05) is 6.54 Å².